The van der Waals surface area contributed by atoms with Crippen molar-refractivity contribution in [1.29, 1.82) is 0 Å². The van der Waals surface area contributed by atoms with Gasteiger partial charge in [-0.2, -0.15) is 0 Å². The molecular formula is C8H14O2. The number of ether oxygens (including phenoxy) is 2. The van der Waals surface area contributed by atoms with E-state index in [1.807, 2.05) is 6.92 Å². The summed E-state index contributed by atoms with van der Waals surface area (Å²) in [5, 5.41) is 0. The molecule has 58 valence electrons. The molecule has 1 atom stereocenters. The van der Waals surface area contributed by atoms with Crippen molar-refractivity contribution in [2.45, 2.75) is 33.0 Å². The monoisotopic (exact) mass is 142 g/mol. The molecule has 0 bridgehead atoms. The van der Waals surface area contributed by atoms with E-state index in [4.69, 9.17) is 9.47 Å². The van der Waals surface area contributed by atoms with Crippen molar-refractivity contribution in [2.24, 2.45) is 0 Å². The summed E-state index contributed by atoms with van der Waals surface area (Å²) in [4.78, 5) is 0. The third kappa shape index (κ3) is 2.03. The van der Waals surface area contributed by atoms with Gasteiger partial charge in [-0.25, -0.2) is 0 Å². The summed E-state index contributed by atoms with van der Waals surface area (Å²) in [5.41, 5.74) is 1.30. The lowest BCUT2D eigenvalue weighted by molar-refractivity contribution is -0.112. The molecule has 10 heavy (non-hydrogen) atoms. The van der Waals surface area contributed by atoms with Gasteiger partial charge in [0.15, 0.2) is 6.29 Å². The lowest BCUT2D eigenvalue weighted by Crippen LogP contribution is -2.17. The first kappa shape index (κ1) is 7.61. The van der Waals surface area contributed by atoms with Crippen LogP contribution in [0.25, 0.3) is 0 Å². The molecule has 1 aliphatic rings. The highest BCUT2D eigenvalue weighted by Gasteiger charge is 2.11. The Labute approximate surface area is 61.8 Å². The van der Waals surface area contributed by atoms with E-state index in [9.17, 15) is 0 Å². The van der Waals surface area contributed by atoms with Crippen LogP contribution in [-0.2, 0) is 9.47 Å². The fourth-order valence-electron chi connectivity index (χ4n) is 0.973. The topological polar surface area (TPSA) is 18.5 Å². The van der Waals surface area contributed by atoms with Crippen LogP contribution in [0.5, 0.6) is 0 Å². The average molecular weight is 142 g/mol. The van der Waals surface area contributed by atoms with Crippen LogP contribution in [0.15, 0.2) is 11.8 Å². The quantitative estimate of drug-likeness (QED) is 0.587. The van der Waals surface area contributed by atoms with Crippen molar-refractivity contribution in [3.8, 4) is 0 Å². The van der Waals surface area contributed by atoms with Gasteiger partial charge in [0.2, 0.25) is 0 Å². The molecule has 0 aromatic heterocycles. The molecule has 0 aromatic rings. The van der Waals surface area contributed by atoms with Crippen LogP contribution in [0, 0.1) is 0 Å². The van der Waals surface area contributed by atoms with Gasteiger partial charge < -0.3 is 9.47 Å². The molecule has 1 heterocycles. The highest BCUT2D eigenvalue weighted by molar-refractivity contribution is 4.95. The summed E-state index contributed by atoms with van der Waals surface area (Å²) in [5.74, 6) is 0. The van der Waals surface area contributed by atoms with Gasteiger partial charge in [-0.3, -0.25) is 0 Å². The molecule has 0 aromatic carbocycles. The normalized spacial score (nSPS) is 25.4. The van der Waals surface area contributed by atoms with Crippen LogP contribution in [0.3, 0.4) is 0 Å². The molecule has 0 unspecified atom stereocenters. The summed E-state index contributed by atoms with van der Waals surface area (Å²) in [6.07, 6.45) is 3.90. The van der Waals surface area contributed by atoms with Crippen molar-refractivity contribution in [3.05, 3.63) is 11.8 Å². The lowest BCUT2D eigenvalue weighted by atomic mass is 10.1. The molecule has 0 saturated carbocycles. The predicted molar refractivity (Wildman–Crippen MR) is 39.5 cm³/mol. The van der Waals surface area contributed by atoms with Gasteiger partial charge in [0.25, 0.3) is 0 Å². The van der Waals surface area contributed by atoms with E-state index in [1.165, 1.54) is 5.57 Å². The van der Waals surface area contributed by atoms with Gasteiger partial charge in [0.1, 0.15) is 0 Å². The minimum Gasteiger partial charge on any atom is -0.473 e. The zero-order valence-corrected chi connectivity index (χ0v) is 6.59. The summed E-state index contributed by atoms with van der Waals surface area (Å²) in [7, 11) is 0. The number of allylic oxidation sites excluding steroid dienone is 1. The molecule has 1 rings (SSSR count). The zero-order chi connectivity index (χ0) is 7.40. The first-order valence-corrected chi connectivity index (χ1v) is 3.75. The Hall–Kier alpha value is -0.500. The Morgan fingerprint density at radius 2 is 2.60 bits per heavy atom. The minimum absolute atomic E-state index is 0.00806. The summed E-state index contributed by atoms with van der Waals surface area (Å²) in [6.45, 7) is 4.79. The predicted octanol–water partition coefficient (Wildman–Crippen LogP) is 2.06. The first-order valence-electron chi connectivity index (χ1n) is 3.75. The van der Waals surface area contributed by atoms with E-state index in [2.05, 4.69) is 6.92 Å². The smallest absolute Gasteiger partial charge is 0.199 e. The average Bonchev–Trinajstić information content (AvgIpc) is 1.95. The number of hydrogen-bond acceptors (Lipinski definition) is 2. The SMILES string of the molecule is CCO[C@@H]1CCC(C)=CO1. The van der Waals surface area contributed by atoms with Crippen LogP contribution in [0.4, 0.5) is 0 Å². The Bertz CT molecular complexity index is 129. The van der Waals surface area contributed by atoms with Crippen molar-refractivity contribution < 1.29 is 9.47 Å². The second-order valence-corrected chi connectivity index (χ2v) is 2.52. The third-order valence-corrected chi connectivity index (χ3v) is 1.55. The molecule has 0 fully saturated rings. The second kappa shape index (κ2) is 3.62. The molecular weight excluding hydrogens is 128 g/mol. The minimum atomic E-state index is 0.00806. The Morgan fingerprint density at radius 1 is 1.80 bits per heavy atom. The standard InChI is InChI=1S/C8H14O2/c1-3-9-8-5-4-7(2)6-10-8/h6,8H,3-5H2,1-2H3/t8-/m0/s1. The van der Waals surface area contributed by atoms with E-state index in [0.29, 0.717) is 0 Å². The molecule has 0 N–H and O–H groups in total. The van der Waals surface area contributed by atoms with E-state index >= 15 is 0 Å². The Balaban J connectivity index is 2.27. The molecule has 0 saturated heterocycles. The van der Waals surface area contributed by atoms with Crippen molar-refractivity contribution in [2.75, 3.05) is 6.61 Å². The molecule has 0 spiro atoms. The second-order valence-electron chi connectivity index (χ2n) is 2.52. The fraction of sp³-hybridized carbons (Fsp3) is 0.750. The maximum atomic E-state index is 5.26. The van der Waals surface area contributed by atoms with Gasteiger partial charge in [0, 0.05) is 13.0 Å². The van der Waals surface area contributed by atoms with Gasteiger partial charge in [-0.1, -0.05) is 0 Å². The van der Waals surface area contributed by atoms with E-state index in [0.717, 1.165) is 19.4 Å². The van der Waals surface area contributed by atoms with Crippen LogP contribution in [0.1, 0.15) is 26.7 Å². The molecule has 0 radical (unpaired) electrons. The van der Waals surface area contributed by atoms with Gasteiger partial charge in [-0.05, 0) is 25.8 Å². The van der Waals surface area contributed by atoms with Crippen molar-refractivity contribution >= 4 is 0 Å². The van der Waals surface area contributed by atoms with Crippen LogP contribution >= 0.6 is 0 Å². The molecule has 2 nitrogen and oxygen atoms in total. The lowest BCUT2D eigenvalue weighted by Gasteiger charge is -2.20. The summed E-state index contributed by atoms with van der Waals surface area (Å²) in [6, 6.07) is 0. The van der Waals surface area contributed by atoms with Gasteiger partial charge in [0.05, 0.1) is 6.26 Å². The van der Waals surface area contributed by atoms with Crippen LogP contribution in [0.2, 0.25) is 0 Å². The zero-order valence-electron chi connectivity index (χ0n) is 6.59. The third-order valence-electron chi connectivity index (χ3n) is 1.55. The Kier molecular flexibility index (Phi) is 2.75. The molecule has 2 heteroatoms. The van der Waals surface area contributed by atoms with E-state index in [1.54, 1.807) is 6.26 Å². The van der Waals surface area contributed by atoms with E-state index in [-0.39, 0.29) is 6.29 Å². The largest absolute Gasteiger partial charge is 0.473 e. The van der Waals surface area contributed by atoms with Crippen molar-refractivity contribution in [3.63, 3.8) is 0 Å². The molecule has 1 aliphatic heterocycles. The summed E-state index contributed by atoms with van der Waals surface area (Å²) < 4.78 is 10.5. The highest BCUT2D eigenvalue weighted by Crippen LogP contribution is 2.16. The molecule has 0 aliphatic carbocycles. The highest BCUT2D eigenvalue weighted by atomic mass is 16.7. The van der Waals surface area contributed by atoms with Crippen LogP contribution in [-0.4, -0.2) is 12.9 Å². The number of hydrogen-bond donors (Lipinski definition) is 0. The summed E-state index contributed by atoms with van der Waals surface area (Å²) >= 11 is 0. The molecule has 0 amide bonds. The van der Waals surface area contributed by atoms with Crippen LogP contribution < -0.4 is 0 Å². The first-order chi connectivity index (χ1) is 4.83. The van der Waals surface area contributed by atoms with Crippen molar-refractivity contribution in [1.82, 2.24) is 0 Å². The van der Waals surface area contributed by atoms with Gasteiger partial charge >= 0.3 is 0 Å². The van der Waals surface area contributed by atoms with E-state index < -0.39 is 0 Å². The Morgan fingerprint density at radius 3 is 3.10 bits per heavy atom. The number of rotatable bonds is 2. The fourth-order valence-corrected chi connectivity index (χ4v) is 0.973. The van der Waals surface area contributed by atoms with Gasteiger partial charge in [-0.15, -0.1) is 0 Å². The maximum absolute atomic E-state index is 5.26. The maximum Gasteiger partial charge on any atom is 0.199 e.